The van der Waals surface area contributed by atoms with Gasteiger partial charge in [0.1, 0.15) is 17.1 Å². The van der Waals surface area contributed by atoms with Crippen LogP contribution in [0.1, 0.15) is 29.8 Å². The lowest BCUT2D eigenvalue weighted by atomic mass is 10.0. The number of cyclic esters (lactones) is 2. The summed E-state index contributed by atoms with van der Waals surface area (Å²) in [5, 5.41) is 0. The Balaban J connectivity index is 2.63. The minimum absolute atomic E-state index is 0.0524. The molecule has 134 valence electrons. The van der Waals surface area contributed by atoms with Crippen LogP contribution in [0.15, 0.2) is 17.7 Å². The van der Waals surface area contributed by atoms with E-state index in [1.807, 2.05) is 0 Å². The molecule has 0 saturated carbocycles. The second kappa shape index (κ2) is 6.84. The van der Waals surface area contributed by atoms with Crippen LogP contribution < -0.4 is 9.47 Å². The van der Waals surface area contributed by atoms with Crippen LogP contribution in [0.4, 0.5) is 0 Å². The molecule has 2 rings (SSSR count). The summed E-state index contributed by atoms with van der Waals surface area (Å²) in [7, 11) is 4.00. The molecule has 25 heavy (non-hydrogen) atoms. The van der Waals surface area contributed by atoms with Crippen molar-refractivity contribution in [3.8, 4) is 11.5 Å². The number of benzene rings is 1. The molecule has 8 heteroatoms. The number of esters is 3. The van der Waals surface area contributed by atoms with Crippen LogP contribution in [0.3, 0.4) is 0 Å². The van der Waals surface area contributed by atoms with Crippen molar-refractivity contribution in [3.63, 3.8) is 0 Å². The molecule has 0 spiro atoms. The zero-order valence-corrected chi connectivity index (χ0v) is 14.5. The van der Waals surface area contributed by atoms with Crippen LogP contribution in [-0.2, 0) is 23.8 Å². The fourth-order valence-electron chi connectivity index (χ4n) is 2.24. The van der Waals surface area contributed by atoms with Crippen molar-refractivity contribution >= 4 is 24.0 Å². The van der Waals surface area contributed by atoms with Gasteiger partial charge in [0.2, 0.25) is 0 Å². The first kappa shape index (κ1) is 18.3. The average molecular weight is 350 g/mol. The summed E-state index contributed by atoms with van der Waals surface area (Å²) in [5.74, 6) is -3.24. The first-order chi connectivity index (χ1) is 11.7. The maximum Gasteiger partial charge on any atom is 0.348 e. The Bertz CT molecular complexity index is 738. The lowest BCUT2D eigenvalue weighted by Crippen LogP contribution is -2.41. The maximum atomic E-state index is 12.1. The van der Waals surface area contributed by atoms with Crippen molar-refractivity contribution in [1.82, 2.24) is 0 Å². The summed E-state index contributed by atoms with van der Waals surface area (Å²) < 4.78 is 25.2. The highest BCUT2D eigenvalue weighted by molar-refractivity contribution is 6.19. The summed E-state index contributed by atoms with van der Waals surface area (Å²) in [5.41, 5.74) is -0.150. The monoisotopic (exact) mass is 350 g/mol. The third-order valence-electron chi connectivity index (χ3n) is 3.38. The van der Waals surface area contributed by atoms with Crippen LogP contribution in [0.2, 0.25) is 0 Å². The summed E-state index contributed by atoms with van der Waals surface area (Å²) in [4.78, 5) is 36.3. The van der Waals surface area contributed by atoms with Crippen molar-refractivity contribution < 1.29 is 38.1 Å². The standard InChI is InChI=1S/C17H18O8/c1-17(2)24-15(19)12(16(20)25-17)8-10-11(14(18)23-5)6-9(21-3)7-13(10)22-4/h6-8H,1-5H3. The number of rotatable bonds is 4. The van der Waals surface area contributed by atoms with Gasteiger partial charge in [-0.15, -0.1) is 0 Å². The van der Waals surface area contributed by atoms with Crippen molar-refractivity contribution in [2.24, 2.45) is 0 Å². The molecule has 0 aliphatic carbocycles. The van der Waals surface area contributed by atoms with E-state index in [0.717, 1.165) is 0 Å². The smallest absolute Gasteiger partial charge is 0.348 e. The van der Waals surface area contributed by atoms with E-state index in [1.165, 1.54) is 53.4 Å². The Morgan fingerprint density at radius 3 is 2.12 bits per heavy atom. The molecule has 1 saturated heterocycles. The minimum Gasteiger partial charge on any atom is -0.497 e. The fraction of sp³-hybridized carbons (Fsp3) is 0.353. The van der Waals surface area contributed by atoms with Crippen LogP contribution in [0.25, 0.3) is 6.08 Å². The van der Waals surface area contributed by atoms with E-state index >= 15 is 0 Å². The number of ether oxygens (including phenoxy) is 5. The second-order valence-corrected chi connectivity index (χ2v) is 5.52. The third-order valence-corrected chi connectivity index (χ3v) is 3.38. The normalized spacial score (nSPS) is 15.8. The summed E-state index contributed by atoms with van der Waals surface area (Å²) in [6, 6.07) is 2.91. The van der Waals surface area contributed by atoms with Gasteiger partial charge in [-0.2, -0.15) is 0 Å². The Labute approximate surface area is 144 Å². The van der Waals surface area contributed by atoms with Gasteiger partial charge in [-0.3, -0.25) is 0 Å². The van der Waals surface area contributed by atoms with E-state index in [1.54, 1.807) is 0 Å². The number of methoxy groups -OCH3 is 3. The van der Waals surface area contributed by atoms with Gasteiger partial charge in [-0.25, -0.2) is 14.4 Å². The van der Waals surface area contributed by atoms with Gasteiger partial charge in [0.15, 0.2) is 0 Å². The number of hydrogen-bond donors (Lipinski definition) is 0. The molecule has 0 amide bonds. The minimum atomic E-state index is -1.36. The van der Waals surface area contributed by atoms with E-state index in [-0.39, 0.29) is 22.4 Å². The molecule has 0 radical (unpaired) electrons. The first-order valence-electron chi connectivity index (χ1n) is 7.25. The zero-order chi connectivity index (χ0) is 18.8. The predicted octanol–water partition coefficient (Wildman–Crippen LogP) is 1.71. The first-order valence-corrected chi connectivity index (χ1v) is 7.25. The van der Waals surface area contributed by atoms with Crippen molar-refractivity contribution in [1.29, 1.82) is 0 Å². The molecule has 1 aromatic rings. The summed E-state index contributed by atoms with van der Waals surface area (Å²) >= 11 is 0. The van der Waals surface area contributed by atoms with Gasteiger partial charge in [0, 0.05) is 25.5 Å². The third kappa shape index (κ3) is 3.73. The highest BCUT2D eigenvalue weighted by Crippen LogP contribution is 2.33. The van der Waals surface area contributed by atoms with Gasteiger partial charge in [0.05, 0.1) is 26.9 Å². The lowest BCUT2D eigenvalue weighted by molar-refractivity contribution is -0.222. The van der Waals surface area contributed by atoms with E-state index in [0.29, 0.717) is 5.75 Å². The Morgan fingerprint density at radius 1 is 1.04 bits per heavy atom. The van der Waals surface area contributed by atoms with Crippen LogP contribution >= 0.6 is 0 Å². The van der Waals surface area contributed by atoms with Crippen LogP contribution in [0, 0.1) is 0 Å². The van der Waals surface area contributed by atoms with Gasteiger partial charge < -0.3 is 23.7 Å². The highest BCUT2D eigenvalue weighted by atomic mass is 16.7. The van der Waals surface area contributed by atoms with Crippen LogP contribution in [-0.4, -0.2) is 45.0 Å². The second-order valence-electron chi connectivity index (χ2n) is 5.52. The molecule has 0 unspecified atom stereocenters. The van der Waals surface area contributed by atoms with E-state index in [4.69, 9.17) is 23.7 Å². The molecular weight excluding hydrogens is 332 g/mol. The SMILES string of the molecule is COC(=O)c1cc(OC)cc(OC)c1C=C1C(=O)OC(C)(C)OC1=O. The van der Waals surface area contributed by atoms with E-state index in [9.17, 15) is 14.4 Å². The molecule has 1 fully saturated rings. The Kier molecular flexibility index (Phi) is 5.01. The zero-order valence-electron chi connectivity index (χ0n) is 14.5. The summed E-state index contributed by atoms with van der Waals surface area (Å²) in [6.45, 7) is 2.88. The Morgan fingerprint density at radius 2 is 1.64 bits per heavy atom. The molecular formula is C17H18O8. The fourth-order valence-corrected chi connectivity index (χ4v) is 2.24. The van der Waals surface area contributed by atoms with Crippen molar-refractivity contribution in [2.45, 2.75) is 19.6 Å². The predicted molar refractivity (Wildman–Crippen MR) is 85.1 cm³/mol. The molecule has 1 aromatic carbocycles. The van der Waals surface area contributed by atoms with Gasteiger partial charge in [-0.05, 0) is 12.1 Å². The number of carbonyl (C=O) groups excluding carboxylic acids is 3. The molecule has 0 N–H and O–H groups in total. The number of carbonyl (C=O) groups is 3. The van der Waals surface area contributed by atoms with Crippen LogP contribution in [0.5, 0.6) is 11.5 Å². The number of hydrogen-bond acceptors (Lipinski definition) is 8. The average Bonchev–Trinajstić information content (AvgIpc) is 2.55. The van der Waals surface area contributed by atoms with Gasteiger partial charge in [-0.1, -0.05) is 0 Å². The molecule has 0 atom stereocenters. The van der Waals surface area contributed by atoms with Crippen molar-refractivity contribution in [2.75, 3.05) is 21.3 Å². The molecule has 1 heterocycles. The maximum absolute atomic E-state index is 12.1. The largest absolute Gasteiger partial charge is 0.497 e. The molecule has 1 aliphatic heterocycles. The Hall–Kier alpha value is -3.03. The van der Waals surface area contributed by atoms with Gasteiger partial charge >= 0.3 is 17.9 Å². The van der Waals surface area contributed by atoms with Gasteiger partial charge in [0.25, 0.3) is 5.79 Å². The topological polar surface area (TPSA) is 97.4 Å². The highest BCUT2D eigenvalue weighted by Gasteiger charge is 2.39. The molecule has 8 nitrogen and oxygen atoms in total. The lowest BCUT2D eigenvalue weighted by Gasteiger charge is -2.29. The van der Waals surface area contributed by atoms with E-state index in [2.05, 4.69) is 0 Å². The molecule has 1 aliphatic rings. The van der Waals surface area contributed by atoms with Crippen molar-refractivity contribution in [3.05, 3.63) is 28.8 Å². The summed E-state index contributed by atoms with van der Waals surface area (Å²) in [6.07, 6.45) is 1.17. The molecule has 0 bridgehead atoms. The molecule has 0 aromatic heterocycles. The quantitative estimate of drug-likeness (QED) is 0.460. The van der Waals surface area contributed by atoms with E-state index < -0.39 is 23.7 Å².